The first-order valence-corrected chi connectivity index (χ1v) is 6.71. The van der Waals surface area contributed by atoms with Gasteiger partial charge in [-0.25, -0.2) is 4.79 Å². The second-order valence-corrected chi connectivity index (χ2v) is 6.36. The quantitative estimate of drug-likeness (QED) is 0.811. The van der Waals surface area contributed by atoms with Crippen LogP contribution in [0.4, 0.5) is 4.79 Å². The Labute approximate surface area is 113 Å². The minimum atomic E-state index is -0.724. The number of aliphatic carboxylic acids is 1. The molecule has 2 fully saturated rings. The van der Waals surface area contributed by atoms with Crippen LogP contribution in [0.1, 0.15) is 27.2 Å². The Morgan fingerprint density at radius 2 is 1.84 bits per heavy atom. The summed E-state index contributed by atoms with van der Waals surface area (Å²) in [6, 6.07) is 0.281. The zero-order valence-electron chi connectivity index (χ0n) is 11.8. The summed E-state index contributed by atoms with van der Waals surface area (Å²) in [4.78, 5) is 26.5. The first-order valence-electron chi connectivity index (χ1n) is 6.71. The third kappa shape index (κ3) is 3.37. The van der Waals surface area contributed by atoms with Crippen molar-refractivity contribution < 1.29 is 19.4 Å². The number of carbonyl (C=O) groups excluding carboxylic acids is 1. The van der Waals surface area contributed by atoms with Crippen LogP contribution < -0.4 is 0 Å². The largest absolute Gasteiger partial charge is 0.481 e. The molecule has 0 unspecified atom stereocenters. The van der Waals surface area contributed by atoms with Crippen LogP contribution in [0.2, 0.25) is 0 Å². The molecule has 0 aliphatic carbocycles. The monoisotopic (exact) mass is 270 g/mol. The zero-order chi connectivity index (χ0) is 14.2. The molecule has 2 aliphatic rings. The Hall–Kier alpha value is -1.30. The maximum atomic E-state index is 11.9. The lowest BCUT2D eigenvalue weighted by atomic mass is 9.97. The van der Waals surface area contributed by atoms with Crippen molar-refractivity contribution >= 4 is 12.1 Å². The minimum Gasteiger partial charge on any atom is -0.481 e. The van der Waals surface area contributed by atoms with Gasteiger partial charge in [0.15, 0.2) is 0 Å². The Balaban J connectivity index is 1.78. The van der Waals surface area contributed by atoms with E-state index in [0.29, 0.717) is 26.2 Å². The lowest BCUT2D eigenvalue weighted by Gasteiger charge is -2.40. The van der Waals surface area contributed by atoms with Crippen molar-refractivity contribution in [2.45, 2.75) is 38.8 Å². The normalized spacial score (nSPS) is 25.2. The fourth-order valence-electron chi connectivity index (χ4n) is 2.50. The third-order valence-corrected chi connectivity index (χ3v) is 3.59. The lowest BCUT2D eigenvalue weighted by Crippen LogP contribution is -2.55. The number of ether oxygens (including phenoxy) is 1. The van der Waals surface area contributed by atoms with Gasteiger partial charge in [-0.15, -0.1) is 0 Å². The maximum Gasteiger partial charge on any atom is 0.410 e. The summed E-state index contributed by atoms with van der Waals surface area (Å²) >= 11 is 0. The van der Waals surface area contributed by atoms with Gasteiger partial charge >= 0.3 is 12.1 Å². The summed E-state index contributed by atoms with van der Waals surface area (Å²) in [6.45, 7) is 8.08. The van der Waals surface area contributed by atoms with Gasteiger partial charge in [-0.3, -0.25) is 9.69 Å². The van der Waals surface area contributed by atoms with Crippen LogP contribution in [0.25, 0.3) is 0 Å². The van der Waals surface area contributed by atoms with E-state index >= 15 is 0 Å². The molecule has 6 nitrogen and oxygen atoms in total. The first kappa shape index (κ1) is 14.1. The molecule has 0 radical (unpaired) electrons. The van der Waals surface area contributed by atoms with Gasteiger partial charge in [0, 0.05) is 32.2 Å². The highest BCUT2D eigenvalue weighted by Crippen LogP contribution is 2.25. The zero-order valence-corrected chi connectivity index (χ0v) is 11.8. The molecule has 2 aliphatic heterocycles. The third-order valence-electron chi connectivity index (χ3n) is 3.59. The molecule has 1 amide bonds. The van der Waals surface area contributed by atoms with E-state index in [-0.39, 0.29) is 18.1 Å². The topological polar surface area (TPSA) is 70.1 Å². The standard InChI is InChI=1S/C13H22N2O4/c1-13(2,3)19-12(18)14-5-4-10(8-14)15-6-9(7-15)11(16)17/h9-10H,4-8H2,1-3H3,(H,16,17)/t10-/m1/s1. The molecule has 0 aromatic carbocycles. The summed E-state index contributed by atoms with van der Waals surface area (Å²) < 4.78 is 5.34. The molecule has 6 heteroatoms. The van der Waals surface area contributed by atoms with Gasteiger partial charge in [0.2, 0.25) is 0 Å². The molecule has 0 aromatic rings. The molecular formula is C13H22N2O4. The molecule has 19 heavy (non-hydrogen) atoms. The van der Waals surface area contributed by atoms with E-state index in [1.54, 1.807) is 4.90 Å². The van der Waals surface area contributed by atoms with Crippen molar-refractivity contribution in [3.63, 3.8) is 0 Å². The van der Waals surface area contributed by atoms with Crippen LogP contribution in [-0.4, -0.2) is 64.8 Å². The molecule has 2 rings (SSSR count). The molecule has 1 N–H and O–H groups in total. The highest BCUT2D eigenvalue weighted by Gasteiger charge is 2.40. The van der Waals surface area contributed by atoms with Gasteiger partial charge < -0.3 is 14.7 Å². The van der Waals surface area contributed by atoms with Crippen LogP contribution >= 0.6 is 0 Å². The second-order valence-electron chi connectivity index (χ2n) is 6.36. The Kier molecular flexibility index (Phi) is 3.71. The van der Waals surface area contributed by atoms with Gasteiger partial charge in [0.25, 0.3) is 0 Å². The molecule has 108 valence electrons. The number of amides is 1. The average Bonchev–Trinajstić information content (AvgIpc) is 2.60. The molecule has 0 spiro atoms. The SMILES string of the molecule is CC(C)(C)OC(=O)N1CC[C@@H](N2CC(C(=O)O)C2)C1. The van der Waals surface area contributed by atoms with Crippen LogP contribution in [0.5, 0.6) is 0 Å². The van der Waals surface area contributed by atoms with Crippen LogP contribution in [-0.2, 0) is 9.53 Å². The number of nitrogens with zero attached hydrogens (tertiary/aromatic N) is 2. The molecule has 2 heterocycles. The van der Waals surface area contributed by atoms with Gasteiger partial charge in [-0.05, 0) is 27.2 Å². The van der Waals surface area contributed by atoms with E-state index in [1.807, 2.05) is 20.8 Å². The molecule has 2 saturated heterocycles. The van der Waals surface area contributed by atoms with E-state index in [9.17, 15) is 9.59 Å². The van der Waals surface area contributed by atoms with Gasteiger partial charge in [0.05, 0.1) is 5.92 Å². The number of carboxylic acids is 1. The fraction of sp³-hybridized carbons (Fsp3) is 0.846. The second kappa shape index (κ2) is 5.00. The summed E-state index contributed by atoms with van der Waals surface area (Å²) in [5, 5.41) is 8.85. The van der Waals surface area contributed by atoms with Crippen LogP contribution in [0.15, 0.2) is 0 Å². The lowest BCUT2D eigenvalue weighted by molar-refractivity contribution is -0.148. The summed E-state index contributed by atoms with van der Waals surface area (Å²) in [6.07, 6.45) is 0.622. The summed E-state index contributed by atoms with van der Waals surface area (Å²) in [7, 11) is 0. The van der Waals surface area contributed by atoms with Crippen LogP contribution in [0.3, 0.4) is 0 Å². The smallest absolute Gasteiger partial charge is 0.410 e. The summed E-state index contributed by atoms with van der Waals surface area (Å²) in [5.41, 5.74) is -0.472. The van der Waals surface area contributed by atoms with Crippen LogP contribution in [0, 0.1) is 5.92 Å². The van der Waals surface area contributed by atoms with E-state index < -0.39 is 11.6 Å². The van der Waals surface area contributed by atoms with Crippen molar-refractivity contribution in [3.05, 3.63) is 0 Å². The Bertz CT molecular complexity index is 371. The summed E-state index contributed by atoms with van der Waals surface area (Å²) in [5.74, 6) is -0.964. The maximum absolute atomic E-state index is 11.9. The number of hydrogen-bond donors (Lipinski definition) is 1. The minimum absolute atomic E-state index is 0.240. The highest BCUT2D eigenvalue weighted by molar-refractivity contribution is 5.71. The molecule has 0 bridgehead atoms. The van der Waals surface area contributed by atoms with Crippen molar-refractivity contribution in [1.29, 1.82) is 0 Å². The van der Waals surface area contributed by atoms with E-state index in [0.717, 1.165) is 6.42 Å². The molecule has 0 saturated carbocycles. The fourth-order valence-corrected chi connectivity index (χ4v) is 2.50. The number of likely N-dealkylation sites (tertiary alicyclic amines) is 2. The van der Waals surface area contributed by atoms with E-state index in [2.05, 4.69) is 4.90 Å². The van der Waals surface area contributed by atoms with E-state index in [4.69, 9.17) is 9.84 Å². The molecule has 0 aromatic heterocycles. The van der Waals surface area contributed by atoms with Crippen molar-refractivity contribution in [3.8, 4) is 0 Å². The average molecular weight is 270 g/mol. The number of carbonyl (C=O) groups is 2. The van der Waals surface area contributed by atoms with Gasteiger partial charge in [-0.2, -0.15) is 0 Å². The van der Waals surface area contributed by atoms with Crippen molar-refractivity contribution in [2.75, 3.05) is 26.2 Å². The van der Waals surface area contributed by atoms with Gasteiger partial charge in [0.1, 0.15) is 5.60 Å². The van der Waals surface area contributed by atoms with E-state index in [1.165, 1.54) is 0 Å². The molecule has 1 atom stereocenters. The Morgan fingerprint density at radius 3 is 2.37 bits per heavy atom. The van der Waals surface area contributed by atoms with Crippen molar-refractivity contribution in [1.82, 2.24) is 9.80 Å². The predicted octanol–water partition coefficient (Wildman–Crippen LogP) is 1.01. The molecular weight excluding hydrogens is 248 g/mol. The van der Waals surface area contributed by atoms with Gasteiger partial charge in [-0.1, -0.05) is 0 Å². The number of carboxylic acid groups (broad SMARTS) is 1. The van der Waals surface area contributed by atoms with Crippen molar-refractivity contribution in [2.24, 2.45) is 5.92 Å². The highest BCUT2D eigenvalue weighted by atomic mass is 16.6. The Morgan fingerprint density at radius 1 is 1.21 bits per heavy atom. The number of hydrogen-bond acceptors (Lipinski definition) is 4. The predicted molar refractivity (Wildman–Crippen MR) is 68.9 cm³/mol. The number of rotatable bonds is 2. The first-order chi connectivity index (χ1) is 8.76.